The number of nitrogens with zero attached hydrogens (tertiary/aromatic N) is 4. The van der Waals surface area contributed by atoms with Crippen LogP contribution in [0.15, 0.2) is 18.3 Å². The molecule has 5 nitrogen and oxygen atoms in total. The first-order valence-corrected chi connectivity index (χ1v) is 5.12. The third-order valence-electron chi connectivity index (χ3n) is 2.40. The Morgan fingerprint density at radius 2 is 2.38 bits per heavy atom. The lowest BCUT2D eigenvalue weighted by Gasteiger charge is -2.02. The summed E-state index contributed by atoms with van der Waals surface area (Å²) in [5.41, 5.74) is 1.24. The second-order valence-electron chi connectivity index (χ2n) is 3.76. The van der Waals surface area contributed by atoms with Gasteiger partial charge in [0.15, 0.2) is 5.65 Å². The van der Waals surface area contributed by atoms with Crippen molar-refractivity contribution in [2.75, 3.05) is 0 Å². The maximum absolute atomic E-state index is 9.20. The van der Waals surface area contributed by atoms with E-state index in [-0.39, 0.29) is 6.10 Å². The van der Waals surface area contributed by atoms with E-state index in [4.69, 9.17) is 5.26 Å². The molecule has 2 aromatic rings. The molecule has 16 heavy (non-hydrogen) atoms. The zero-order valence-corrected chi connectivity index (χ0v) is 8.96. The van der Waals surface area contributed by atoms with Gasteiger partial charge in [0.05, 0.1) is 17.7 Å². The highest BCUT2D eigenvalue weighted by atomic mass is 16.3. The Morgan fingerprint density at radius 1 is 1.56 bits per heavy atom. The summed E-state index contributed by atoms with van der Waals surface area (Å²) in [5.74, 6) is 0.806. The van der Waals surface area contributed by atoms with Gasteiger partial charge < -0.3 is 5.11 Å². The number of rotatable bonds is 3. The summed E-state index contributed by atoms with van der Waals surface area (Å²) in [6.45, 7) is 1.75. The van der Waals surface area contributed by atoms with Gasteiger partial charge in [-0.3, -0.25) is 4.40 Å². The summed E-state index contributed by atoms with van der Waals surface area (Å²) >= 11 is 0. The smallest absolute Gasteiger partial charge is 0.162 e. The molecule has 0 aromatic carbocycles. The van der Waals surface area contributed by atoms with Crippen molar-refractivity contribution in [3.8, 4) is 6.07 Å². The van der Waals surface area contributed by atoms with E-state index in [9.17, 15) is 5.11 Å². The fourth-order valence-corrected chi connectivity index (χ4v) is 1.52. The van der Waals surface area contributed by atoms with E-state index in [0.29, 0.717) is 24.1 Å². The summed E-state index contributed by atoms with van der Waals surface area (Å²) in [7, 11) is 0. The summed E-state index contributed by atoms with van der Waals surface area (Å²) < 4.78 is 1.84. The van der Waals surface area contributed by atoms with E-state index in [0.717, 1.165) is 5.82 Å². The number of aromatic nitrogens is 3. The minimum Gasteiger partial charge on any atom is -0.393 e. The van der Waals surface area contributed by atoms with Gasteiger partial charge in [0.25, 0.3) is 0 Å². The number of aryl methyl sites for hydroxylation is 1. The van der Waals surface area contributed by atoms with E-state index in [1.54, 1.807) is 25.3 Å². The average molecular weight is 216 g/mol. The molecule has 0 radical (unpaired) electrons. The van der Waals surface area contributed by atoms with Crippen LogP contribution in [0.25, 0.3) is 5.65 Å². The van der Waals surface area contributed by atoms with Crippen molar-refractivity contribution < 1.29 is 5.11 Å². The van der Waals surface area contributed by atoms with Crippen molar-refractivity contribution in [2.45, 2.75) is 25.9 Å². The topological polar surface area (TPSA) is 74.2 Å². The molecule has 1 N–H and O–H groups in total. The van der Waals surface area contributed by atoms with Crippen LogP contribution in [0.2, 0.25) is 0 Å². The lowest BCUT2D eigenvalue weighted by molar-refractivity contribution is 0.184. The Kier molecular flexibility index (Phi) is 2.84. The molecule has 2 aromatic heterocycles. The Hall–Kier alpha value is -1.93. The number of aliphatic hydroxyl groups excluding tert-OH is 1. The molecule has 2 rings (SSSR count). The van der Waals surface area contributed by atoms with E-state index in [1.165, 1.54) is 0 Å². The number of aliphatic hydroxyl groups is 1. The first kappa shape index (κ1) is 10.6. The zero-order chi connectivity index (χ0) is 11.5. The predicted molar refractivity (Wildman–Crippen MR) is 57.7 cm³/mol. The summed E-state index contributed by atoms with van der Waals surface area (Å²) in [6.07, 6.45) is 2.77. The Balaban J connectivity index is 2.31. The van der Waals surface area contributed by atoms with Crippen LogP contribution >= 0.6 is 0 Å². The maximum Gasteiger partial charge on any atom is 0.162 e. The molecule has 0 aliphatic heterocycles. The van der Waals surface area contributed by atoms with Gasteiger partial charge in [-0.1, -0.05) is 0 Å². The Labute approximate surface area is 93.0 Å². The SMILES string of the molecule is CC(O)CCc1nnc2cc(C#N)ccn12. The van der Waals surface area contributed by atoms with Gasteiger partial charge in [0, 0.05) is 18.7 Å². The van der Waals surface area contributed by atoms with Gasteiger partial charge in [-0.2, -0.15) is 5.26 Å². The zero-order valence-electron chi connectivity index (χ0n) is 8.96. The minimum atomic E-state index is -0.342. The fraction of sp³-hybridized carbons (Fsp3) is 0.364. The molecule has 0 aliphatic carbocycles. The van der Waals surface area contributed by atoms with Crippen LogP contribution in [0, 0.1) is 11.3 Å². The molecule has 0 bridgehead atoms. The Bertz CT molecular complexity index is 538. The molecule has 0 saturated carbocycles. The molecule has 0 aliphatic rings. The predicted octanol–water partition coefficient (Wildman–Crippen LogP) is 0.914. The van der Waals surface area contributed by atoms with Crippen LogP contribution in [-0.2, 0) is 6.42 Å². The van der Waals surface area contributed by atoms with Crippen molar-refractivity contribution in [3.63, 3.8) is 0 Å². The molecule has 5 heteroatoms. The molecule has 0 fully saturated rings. The molecular formula is C11H12N4O. The Morgan fingerprint density at radius 3 is 3.06 bits per heavy atom. The van der Waals surface area contributed by atoms with Crippen molar-refractivity contribution in [1.82, 2.24) is 14.6 Å². The first-order chi connectivity index (χ1) is 7.70. The van der Waals surface area contributed by atoms with Gasteiger partial charge in [0.2, 0.25) is 0 Å². The van der Waals surface area contributed by atoms with Gasteiger partial charge in [-0.25, -0.2) is 0 Å². The molecule has 1 atom stereocenters. The molecular weight excluding hydrogens is 204 g/mol. The molecule has 0 spiro atoms. The maximum atomic E-state index is 9.20. The van der Waals surface area contributed by atoms with Crippen LogP contribution in [-0.4, -0.2) is 25.8 Å². The summed E-state index contributed by atoms with van der Waals surface area (Å²) in [5, 5.41) is 26.0. The van der Waals surface area contributed by atoms with E-state index in [1.807, 2.05) is 4.40 Å². The fourth-order valence-electron chi connectivity index (χ4n) is 1.52. The normalized spacial score (nSPS) is 12.6. The molecule has 82 valence electrons. The summed E-state index contributed by atoms with van der Waals surface area (Å²) in [4.78, 5) is 0. The lowest BCUT2D eigenvalue weighted by Crippen LogP contribution is -2.04. The number of fused-ring (bicyclic) bond motifs is 1. The third-order valence-corrected chi connectivity index (χ3v) is 2.40. The van der Waals surface area contributed by atoms with Crippen LogP contribution in [0.4, 0.5) is 0 Å². The largest absolute Gasteiger partial charge is 0.393 e. The van der Waals surface area contributed by atoms with E-state index in [2.05, 4.69) is 16.3 Å². The molecule has 0 saturated heterocycles. The number of hydrogen-bond acceptors (Lipinski definition) is 4. The second-order valence-corrected chi connectivity index (χ2v) is 3.76. The standard InChI is InChI=1S/C11H12N4O/c1-8(16)2-3-10-13-14-11-6-9(7-12)4-5-15(10)11/h4-6,8,16H,2-3H2,1H3. The average Bonchev–Trinajstić information content (AvgIpc) is 2.68. The number of pyridine rings is 1. The summed E-state index contributed by atoms with van der Waals surface area (Å²) in [6, 6.07) is 5.48. The monoisotopic (exact) mass is 216 g/mol. The van der Waals surface area contributed by atoms with Gasteiger partial charge >= 0.3 is 0 Å². The van der Waals surface area contributed by atoms with Gasteiger partial charge in [-0.05, 0) is 19.4 Å². The van der Waals surface area contributed by atoms with Crippen LogP contribution in [0.3, 0.4) is 0 Å². The lowest BCUT2D eigenvalue weighted by atomic mass is 10.2. The second kappa shape index (κ2) is 4.29. The van der Waals surface area contributed by atoms with Crippen LogP contribution in [0.5, 0.6) is 0 Å². The quantitative estimate of drug-likeness (QED) is 0.827. The van der Waals surface area contributed by atoms with Crippen LogP contribution < -0.4 is 0 Å². The van der Waals surface area contributed by atoms with Crippen molar-refractivity contribution >= 4 is 5.65 Å². The highest BCUT2D eigenvalue weighted by molar-refractivity contribution is 5.45. The third kappa shape index (κ3) is 2.02. The molecule has 0 amide bonds. The first-order valence-electron chi connectivity index (χ1n) is 5.12. The minimum absolute atomic E-state index is 0.342. The number of nitriles is 1. The highest BCUT2D eigenvalue weighted by Crippen LogP contribution is 2.08. The van der Waals surface area contributed by atoms with E-state index >= 15 is 0 Å². The van der Waals surface area contributed by atoms with Gasteiger partial charge in [-0.15, -0.1) is 10.2 Å². The number of hydrogen-bond donors (Lipinski definition) is 1. The van der Waals surface area contributed by atoms with Crippen molar-refractivity contribution in [3.05, 3.63) is 29.7 Å². The highest BCUT2D eigenvalue weighted by Gasteiger charge is 2.07. The molecule has 1 unspecified atom stereocenters. The van der Waals surface area contributed by atoms with Crippen LogP contribution in [0.1, 0.15) is 24.7 Å². The molecule has 2 heterocycles. The van der Waals surface area contributed by atoms with Crippen molar-refractivity contribution in [2.24, 2.45) is 0 Å². The van der Waals surface area contributed by atoms with E-state index < -0.39 is 0 Å². The van der Waals surface area contributed by atoms with Gasteiger partial charge in [0.1, 0.15) is 5.82 Å². The van der Waals surface area contributed by atoms with Crippen molar-refractivity contribution in [1.29, 1.82) is 5.26 Å².